The van der Waals surface area contributed by atoms with E-state index in [4.69, 9.17) is 0 Å². The third-order valence-electron chi connectivity index (χ3n) is 3.55. The molecular formula is C14H23N3. The molecule has 0 aromatic carbocycles. The Bertz CT molecular complexity index is 313. The van der Waals surface area contributed by atoms with Crippen LogP contribution < -0.4 is 5.32 Å². The molecule has 94 valence electrons. The van der Waals surface area contributed by atoms with Gasteiger partial charge in [0.25, 0.3) is 0 Å². The molecule has 1 aliphatic heterocycles. The van der Waals surface area contributed by atoms with Crippen LogP contribution in [0.25, 0.3) is 0 Å². The van der Waals surface area contributed by atoms with E-state index in [1.807, 2.05) is 18.3 Å². The molecule has 0 aliphatic carbocycles. The smallest absolute Gasteiger partial charge is 0.0541 e. The number of nitrogens with zero attached hydrogens (tertiary/aromatic N) is 2. The number of nitrogens with one attached hydrogen (secondary N) is 1. The van der Waals surface area contributed by atoms with Crippen LogP contribution in [0.2, 0.25) is 0 Å². The Kier molecular flexibility index (Phi) is 4.95. The summed E-state index contributed by atoms with van der Waals surface area (Å²) in [5, 5.41) is 3.47. The van der Waals surface area contributed by atoms with Crippen LogP contribution >= 0.6 is 0 Å². The largest absolute Gasteiger partial charge is 0.310 e. The maximum absolute atomic E-state index is 4.30. The minimum absolute atomic E-state index is 0.764. The molecule has 17 heavy (non-hydrogen) atoms. The SMILES string of the molecule is CC1CCCCN1CCNCc1ccccn1. The molecule has 3 nitrogen and oxygen atoms in total. The van der Waals surface area contributed by atoms with Gasteiger partial charge in [-0.05, 0) is 38.4 Å². The number of piperidine rings is 1. The molecule has 1 saturated heterocycles. The molecule has 1 aromatic rings. The van der Waals surface area contributed by atoms with Gasteiger partial charge in [0, 0.05) is 31.9 Å². The van der Waals surface area contributed by atoms with Crippen LogP contribution in [0, 0.1) is 0 Å². The van der Waals surface area contributed by atoms with Gasteiger partial charge in [-0.1, -0.05) is 12.5 Å². The molecule has 0 spiro atoms. The van der Waals surface area contributed by atoms with Crippen molar-refractivity contribution in [3.8, 4) is 0 Å². The summed E-state index contributed by atoms with van der Waals surface area (Å²) >= 11 is 0. The molecule has 1 fully saturated rings. The standard InChI is InChI=1S/C14H23N3/c1-13-6-3-5-10-17(13)11-9-15-12-14-7-2-4-8-16-14/h2,4,7-8,13,15H,3,5-6,9-12H2,1H3. The van der Waals surface area contributed by atoms with Gasteiger partial charge in [-0.15, -0.1) is 0 Å². The van der Waals surface area contributed by atoms with Crippen molar-refractivity contribution in [3.05, 3.63) is 30.1 Å². The van der Waals surface area contributed by atoms with E-state index in [0.29, 0.717) is 0 Å². The van der Waals surface area contributed by atoms with Gasteiger partial charge in [-0.3, -0.25) is 9.88 Å². The first-order valence-corrected chi connectivity index (χ1v) is 6.71. The highest BCUT2D eigenvalue weighted by Crippen LogP contribution is 2.15. The second kappa shape index (κ2) is 6.72. The highest BCUT2D eigenvalue weighted by Gasteiger charge is 2.16. The fourth-order valence-electron chi connectivity index (χ4n) is 2.43. The molecule has 0 saturated carbocycles. The Morgan fingerprint density at radius 3 is 3.12 bits per heavy atom. The summed E-state index contributed by atoms with van der Waals surface area (Å²) in [4.78, 5) is 6.89. The minimum atomic E-state index is 0.764. The van der Waals surface area contributed by atoms with Gasteiger partial charge in [0.2, 0.25) is 0 Å². The molecule has 1 aromatic heterocycles. The Morgan fingerprint density at radius 2 is 2.35 bits per heavy atom. The number of hydrogen-bond donors (Lipinski definition) is 1. The maximum Gasteiger partial charge on any atom is 0.0541 e. The second-order valence-corrected chi connectivity index (χ2v) is 4.88. The first-order valence-electron chi connectivity index (χ1n) is 6.71. The first-order chi connectivity index (χ1) is 8.36. The van der Waals surface area contributed by atoms with Crippen molar-refractivity contribution in [3.63, 3.8) is 0 Å². The Labute approximate surface area is 104 Å². The van der Waals surface area contributed by atoms with E-state index in [1.165, 1.54) is 25.8 Å². The third kappa shape index (κ3) is 4.10. The van der Waals surface area contributed by atoms with Crippen LogP contribution in [0.15, 0.2) is 24.4 Å². The molecule has 1 atom stereocenters. The van der Waals surface area contributed by atoms with E-state index in [-0.39, 0.29) is 0 Å². The Hall–Kier alpha value is -0.930. The van der Waals surface area contributed by atoms with Crippen LogP contribution in [-0.2, 0) is 6.54 Å². The van der Waals surface area contributed by atoms with Crippen molar-refractivity contribution in [1.29, 1.82) is 0 Å². The van der Waals surface area contributed by atoms with Crippen molar-refractivity contribution in [2.45, 2.75) is 38.8 Å². The number of rotatable bonds is 5. The number of hydrogen-bond acceptors (Lipinski definition) is 3. The van der Waals surface area contributed by atoms with E-state index < -0.39 is 0 Å². The van der Waals surface area contributed by atoms with Crippen LogP contribution in [0.4, 0.5) is 0 Å². The van der Waals surface area contributed by atoms with Crippen LogP contribution in [0.3, 0.4) is 0 Å². The molecule has 0 bridgehead atoms. The number of pyridine rings is 1. The summed E-state index contributed by atoms with van der Waals surface area (Å²) in [6.45, 7) is 6.71. The monoisotopic (exact) mass is 233 g/mol. The van der Waals surface area contributed by atoms with Crippen molar-refractivity contribution in [2.75, 3.05) is 19.6 Å². The van der Waals surface area contributed by atoms with Gasteiger partial charge >= 0.3 is 0 Å². The first kappa shape index (κ1) is 12.5. The number of aromatic nitrogens is 1. The quantitative estimate of drug-likeness (QED) is 0.789. The topological polar surface area (TPSA) is 28.2 Å². The van der Waals surface area contributed by atoms with Gasteiger partial charge in [-0.25, -0.2) is 0 Å². The van der Waals surface area contributed by atoms with E-state index in [1.54, 1.807) is 0 Å². The predicted molar refractivity (Wildman–Crippen MR) is 70.8 cm³/mol. The highest BCUT2D eigenvalue weighted by atomic mass is 15.2. The zero-order valence-corrected chi connectivity index (χ0v) is 10.7. The number of likely N-dealkylation sites (tertiary alicyclic amines) is 1. The van der Waals surface area contributed by atoms with Gasteiger partial charge in [-0.2, -0.15) is 0 Å². The normalized spacial score (nSPS) is 21.6. The molecule has 2 rings (SSSR count). The summed E-state index contributed by atoms with van der Waals surface area (Å²) in [5.74, 6) is 0. The molecular weight excluding hydrogens is 210 g/mol. The lowest BCUT2D eigenvalue weighted by Gasteiger charge is -2.33. The average Bonchev–Trinajstić information content (AvgIpc) is 2.38. The molecule has 1 unspecified atom stereocenters. The Balaban J connectivity index is 1.63. The van der Waals surface area contributed by atoms with Crippen LogP contribution in [-0.4, -0.2) is 35.6 Å². The van der Waals surface area contributed by atoms with Crippen LogP contribution in [0.1, 0.15) is 31.9 Å². The van der Waals surface area contributed by atoms with Crippen molar-refractivity contribution in [1.82, 2.24) is 15.2 Å². The third-order valence-corrected chi connectivity index (χ3v) is 3.55. The molecule has 0 amide bonds. The molecule has 1 N–H and O–H groups in total. The Morgan fingerprint density at radius 1 is 1.41 bits per heavy atom. The predicted octanol–water partition coefficient (Wildman–Crippen LogP) is 2.05. The summed E-state index contributed by atoms with van der Waals surface area (Å²) in [5.41, 5.74) is 1.12. The van der Waals surface area contributed by atoms with Gasteiger partial charge in [0.1, 0.15) is 0 Å². The second-order valence-electron chi connectivity index (χ2n) is 4.88. The fraction of sp³-hybridized carbons (Fsp3) is 0.643. The maximum atomic E-state index is 4.30. The molecule has 2 heterocycles. The minimum Gasteiger partial charge on any atom is -0.310 e. The fourth-order valence-corrected chi connectivity index (χ4v) is 2.43. The van der Waals surface area contributed by atoms with Crippen molar-refractivity contribution >= 4 is 0 Å². The molecule has 1 aliphatic rings. The average molecular weight is 233 g/mol. The molecule has 0 radical (unpaired) electrons. The van der Waals surface area contributed by atoms with E-state index >= 15 is 0 Å². The summed E-state index contributed by atoms with van der Waals surface area (Å²) in [6, 6.07) is 6.83. The van der Waals surface area contributed by atoms with Gasteiger partial charge in [0.05, 0.1) is 5.69 Å². The van der Waals surface area contributed by atoms with Crippen LogP contribution in [0.5, 0.6) is 0 Å². The lowest BCUT2D eigenvalue weighted by atomic mass is 10.0. The zero-order valence-electron chi connectivity index (χ0n) is 10.7. The van der Waals surface area contributed by atoms with E-state index in [0.717, 1.165) is 31.4 Å². The van der Waals surface area contributed by atoms with Gasteiger partial charge < -0.3 is 5.32 Å². The summed E-state index contributed by atoms with van der Waals surface area (Å²) < 4.78 is 0. The lowest BCUT2D eigenvalue weighted by Crippen LogP contribution is -2.41. The van der Waals surface area contributed by atoms with Gasteiger partial charge in [0.15, 0.2) is 0 Å². The van der Waals surface area contributed by atoms with Crippen molar-refractivity contribution < 1.29 is 0 Å². The van der Waals surface area contributed by atoms with Crippen molar-refractivity contribution in [2.24, 2.45) is 0 Å². The zero-order chi connectivity index (χ0) is 11.9. The molecule has 3 heteroatoms. The lowest BCUT2D eigenvalue weighted by molar-refractivity contribution is 0.161. The highest BCUT2D eigenvalue weighted by molar-refractivity contribution is 5.02. The summed E-state index contributed by atoms with van der Waals surface area (Å²) in [7, 11) is 0. The summed E-state index contributed by atoms with van der Waals surface area (Å²) in [6.07, 6.45) is 5.98. The van der Waals surface area contributed by atoms with E-state index in [2.05, 4.69) is 28.2 Å². The van der Waals surface area contributed by atoms with E-state index in [9.17, 15) is 0 Å².